The number of ether oxygens (including phenoxy) is 1. The molecule has 0 atom stereocenters. The highest BCUT2D eigenvalue weighted by molar-refractivity contribution is 6.34. The van der Waals surface area contributed by atoms with Crippen LogP contribution in [-0.4, -0.2) is 30.6 Å². The predicted octanol–water partition coefficient (Wildman–Crippen LogP) is 4.02. The molecule has 4 aromatic rings. The minimum Gasteiger partial charge on any atom is -0.452 e. The molecule has 11 heteroatoms. The number of hydrogen-bond acceptors (Lipinski definition) is 8. The Bertz CT molecular complexity index is 1470. The number of aromatic nitrogens is 5. The quantitative estimate of drug-likeness (QED) is 0.414. The first-order valence-electron chi connectivity index (χ1n) is 10.8. The Hall–Kier alpha value is -4.31. The van der Waals surface area contributed by atoms with Gasteiger partial charge in [0.05, 0.1) is 18.4 Å². The number of rotatable bonds is 6. The van der Waals surface area contributed by atoms with Crippen molar-refractivity contribution < 1.29 is 9.53 Å². The van der Waals surface area contributed by atoms with Crippen LogP contribution in [0.4, 0.5) is 11.8 Å². The molecule has 1 amide bonds. The lowest BCUT2D eigenvalue weighted by molar-refractivity contribution is 0.101. The molecule has 176 valence electrons. The molecule has 0 unspecified atom stereocenters. The highest BCUT2D eigenvalue weighted by Crippen LogP contribution is 2.34. The number of halogens is 1. The zero-order valence-electron chi connectivity index (χ0n) is 18.6. The van der Waals surface area contributed by atoms with Crippen LogP contribution in [0.5, 0.6) is 11.5 Å². The van der Waals surface area contributed by atoms with Crippen LogP contribution in [0.15, 0.2) is 59.9 Å². The molecule has 5 rings (SSSR count). The number of hydrogen-bond donors (Lipinski definition) is 2. The monoisotopic (exact) mass is 489 g/mol. The van der Waals surface area contributed by atoms with E-state index in [0.29, 0.717) is 5.56 Å². The number of carbonyl (C=O) groups excluding carboxylic acids is 1. The Balaban J connectivity index is 1.39. The van der Waals surface area contributed by atoms with Crippen molar-refractivity contribution in [3.63, 3.8) is 0 Å². The molecule has 1 aliphatic carbocycles. The van der Waals surface area contributed by atoms with E-state index in [0.717, 1.165) is 24.0 Å². The molecular formula is C24H20ClN7O3. The van der Waals surface area contributed by atoms with Gasteiger partial charge in [0.15, 0.2) is 17.2 Å². The highest BCUT2D eigenvalue weighted by atomic mass is 35.5. The van der Waals surface area contributed by atoms with Crippen molar-refractivity contribution in [3.8, 4) is 22.6 Å². The molecule has 0 radical (unpaired) electrons. The van der Waals surface area contributed by atoms with Crippen molar-refractivity contribution in [2.24, 2.45) is 0 Å². The van der Waals surface area contributed by atoms with Crippen LogP contribution in [-0.2, 0) is 0 Å². The minimum absolute atomic E-state index is 0.0115. The first kappa shape index (κ1) is 22.5. The maximum atomic E-state index is 13.2. The summed E-state index contributed by atoms with van der Waals surface area (Å²) in [6.45, 7) is 1.97. The topological polar surface area (TPSA) is 138 Å². The maximum absolute atomic E-state index is 13.2. The molecule has 0 aliphatic heterocycles. The standard InChI is InChI=1S/C24H20ClN7O3/c1-13-2-4-14(5-3-13)17-12-32(15-6-7-15)31-20(21(17)33)23(34)30-24-28-10-16(11-29-24)35-18-8-9-27-22(26)19(18)25/h2-5,8-12,15H,6-7H2,1H3,(H2,26,27)(H,28,29,30,34). The summed E-state index contributed by atoms with van der Waals surface area (Å²) >= 11 is 6.08. The van der Waals surface area contributed by atoms with Gasteiger partial charge in [0.1, 0.15) is 10.8 Å². The van der Waals surface area contributed by atoms with Crippen LogP contribution in [0.3, 0.4) is 0 Å². The number of benzene rings is 1. The third kappa shape index (κ3) is 4.82. The SMILES string of the molecule is Cc1ccc(-c2cn(C3CC3)nc(C(=O)Nc3ncc(Oc4ccnc(N)c4Cl)cn3)c2=O)cc1. The largest absolute Gasteiger partial charge is 0.452 e. The number of carbonyl (C=O) groups is 1. The van der Waals surface area contributed by atoms with Gasteiger partial charge in [-0.2, -0.15) is 5.10 Å². The number of amides is 1. The van der Waals surface area contributed by atoms with E-state index in [4.69, 9.17) is 22.1 Å². The Kier molecular flexibility index (Phi) is 5.87. The number of nitrogens with two attached hydrogens (primary N) is 1. The second kappa shape index (κ2) is 9.15. The van der Waals surface area contributed by atoms with Crippen LogP contribution in [0.25, 0.3) is 11.1 Å². The number of anilines is 2. The van der Waals surface area contributed by atoms with Crippen LogP contribution in [0, 0.1) is 6.92 Å². The highest BCUT2D eigenvalue weighted by Gasteiger charge is 2.27. The molecular weight excluding hydrogens is 470 g/mol. The normalized spacial score (nSPS) is 12.9. The summed E-state index contributed by atoms with van der Waals surface area (Å²) in [5, 5.41) is 7.00. The summed E-state index contributed by atoms with van der Waals surface area (Å²) in [5.74, 6) is -0.0193. The van der Waals surface area contributed by atoms with Crippen molar-refractivity contribution in [1.82, 2.24) is 24.7 Å². The van der Waals surface area contributed by atoms with Crippen molar-refractivity contribution in [2.75, 3.05) is 11.1 Å². The molecule has 35 heavy (non-hydrogen) atoms. The van der Waals surface area contributed by atoms with E-state index in [9.17, 15) is 9.59 Å². The Morgan fingerprint density at radius 2 is 1.86 bits per heavy atom. The van der Waals surface area contributed by atoms with E-state index in [1.165, 1.54) is 18.6 Å². The van der Waals surface area contributed by atoms with Gasteiger partial charge in [0, 0.05) is 24.0 Å². The summed E-state index contributed by atoms with van der Waals surface area (Å²) in [4.78, 5) is 38.2. The second-order valence-electron chi connectivity index (χ2n) is 8.10. The zero-order chi connectivity index (χ0) is 24.5. The van der Waals surface area contributed by atoms with E-state index in [-0.39, 0.29) is 40.0 Å². The lowest BCUT2D eigenvalue weighted by Crippen LogP contribution is -2.28. The zero-order valence-corrected chi connectivity index (χ0v) is 19.4. The Labute approximate surface area is 204 Å². The molecule has 3 N–H and O–H groups in total. The summed E-state index contributed by atoms with van der Waals surface area (Å²) in [5.41, 5.74) is 7.19. The first-order chi connectivity index (χ1) is 16.9. The fraction of sp³-hybridized carbons (Fsp3) is 0.167. The third-order valence-corrected chi connectivity index (χ3v) is 5.78. The second-order valence-corrected chi connectivity index (χ2v) is 8.48. The van der Waals surface area contributed by atoms with Gasteiger partial charge in [-0.05, 0) is 25.3 Å². The third-order valence-electron chi connectivity index (χ3n) is 5.40. The van der Waals surface area contributed by atoms with Gasteiger partial charge in [0.2, 0.25) is 11.4 Å². The molecule has 0 bridgehead atoms. The van der Waals surface area contributed by atoms with E-state index < -0.39 is 11.3 Å². The van der Waals surface area contributed by atoms with Gasteiger partial charge in [-0.25, -0.2) is 15.0 Å². The molecule has 0 spiro atoms. The smallest absolute Gasteiger partial charge is 0.282 e. The summed E-state index contributed by atoms with van der Waals surface area (Å²) in [7, 11) is 0. The number of nitrogens with one attached hydrogen (secondary N) is 1. The van der Waals surface area contributed by atoms with E-state index in [1.807, 2.05) is 31.2 Å². The predicted molar refractivity (Wildman–Crippen MR) is 131 cm³/mol. The summed E-state index contributed by atoms with van der Waals surface area (Å²) < 4.78 is 7.31. The molecule has 1 fully saturated rings. The number of nitrogens with zero attached hydrogens (tertiary/aromatic N) is 5. The summed E-state index contributed by atoms with van der Waals surface area (Å²) in [6.07, 6.45) is 7.77. The molecule has 3 aromatic heterocycles. The molecule has 3 heterocycles. The number of aryl methyl sites for hydroxylation is 1. The summed E-state index contributed by atoms with van der Waals surface area (Å²) in [6, 6.07) is 9.27. The maximum Gasteiger partial charge on any atom is 0.282 e. The van der Waals surface area contributed by atoms with Crippen LogP contribution < -0.4 is 21.2 Å². The average molecular weight is 490 g/mol. The fourth-order valence-corrected chi connectivity index (χ4v) is 3.51. The van der Waals surface area contributed by atoms with Crippen LogP contribution in [0.2, 0.25) is 5.02 Å². The number of pyridine rings is 1. The van der Waals surface area contributed by atoms with Gasteiger partial charge in [0.25, 0.3) is 5.91 Å². The Morgan fingerprint density at radius 3 is 2.54 bits per heavy atom. The van der Waals surface area contributed by atoms with E-state index in [1.54, 1.807) is 16.9 Å². The van der Waals surface area contributed by atoms with Crippen molar-refractivity contribution in [1.29, 1.82) is 0 Å². The molecule has 1 saturated carbocycles. The minimum atomic E-state index is -0.697. The molecule has 10 nitrogen and oxygen atoms in total. The van der Waals surface area contributed by atoms with Gasteiger partial charge in [-0.1, -0.05) is 41.4 Å². The van der Waals surface area contributed by atoms with Crippen molar-refractivity contribution in [3.05, 3.63) is 81.6 Å². The Morgan fingerprint density at radius 1 is 1.14 bits per heavy atom. The first-order valence-corrected chi connectivity index (χ1v) is 11.2. The average Bonchev–Trinajstić information content (AvgIpc) is 3.70. The number of nitrogen functional groups attached to an aromatic ring is 1. The molecule has 1 aliphatic rings. The lowest BCUT2D eigenvalue weighted by Gasteiger charge is -2.11. The van der Waals surface area contributed by atoms with E-state index >= 15 is 0 Å². The van der Waals surface area contributed by atoms with E-state index in [2.05, 4.69) is 25.4 Å². The van der Waals surface area contributed by atoms with Gasteiger partial charge in [-0.15, -0.1) is 0 Å². The van der Waals surface area contributed by atoms with Gasteiger partial charge < -0.3 is 10.5 Å². The fourth-order valence-electron chi connectivity index (χ4n) is 3.36. The van der Waals surface area contributed by atoms with Gasteiger partial charge in [-0.3, -0.25) is 19.6 Å². The molecule has 1 aromatic carbocycles. The van der Waals surface area contributed by atoms with Gasteiger partial charge >= 0.3 is 0 Å². The van der Waals surface area contributed by atoms with Crippen molar-refractivity contribution in [2.45, 2.75) is 25.8 Å². The van der Waals surface area contributed by atoms with Crippen molar-refractivity contribution >= 4 is 29.3 Å². The van der Waals surface area contributed by atoms with Crippen LogP contribution in [0.1, 0.15) is 34.9 Å². The van der Waals surface area contributed by atoms with Crippen LogP contribution >= 0.6 is 11.6 Å². The molecule has 0 saturated heterocycles. The lowest BCUT2D eigenvalue weighted by atomic mass is 10.0.